The third-order valence-electron chi connectivity index (χ3n) is 3.08. The van der Waals surface area contributed by atoms with Crippen molar-refractivity contribution in [2.24, 2.45) is 0 Å². The van der Waals surface area contributed by atoms with E-state index in [9.17, 15) is 5.11 Å². The summed E-state index contributed by atoms with van der Waals surface area (Å²) in [5.74, 6) is 0.224. The Morgan fingerprint density at radius 3 is 2.30 bits per heavy atom. The van der Waals surface area contributed by atoms with Crippen LogP contribution >= 0.6 is 31.9 Å². The summed E-state index contributed by atoms with van der Waals surface area (Å²) >= 11 is 6.72. The van der Waals surface area contributed by atoms with Gasteiger partial charge in [-0.2, -0.15) is 0 Å². The SMILES string of the molecule is COCCN(Cc1cc(Br)c(O)c(Br)c1)C(C)COC. The lowest BCUT2D eigenvalue weighted by atomic mass is 10.1. The summed E-state index contributed by atoms with van der Waals surface area (Å²) in [5.41, 5.74) is 1.11. The molecule has 0 aliphatic carbocycles. The highest BCUT2D eigenvalue weighted by atomic mass is 79.9. The molecule has 0 radical (unpaired) electrons. The maximum absolute atomic E-state index is 9.75. The van der Waals surface area contributed by atoms with E-state index in [1.165, 1.54) is 0 Å². The molecule has 0 bridgehead atoms. The molecule has 0 aromatic heterocycles. The summed E-state index contributed by atoms with van der Waals surface area (Å²) in [6.45, 7) is 5.07. The van der Waals surface area contributed by atoms with Gasteiger partial charge in [-0.1, -0.05) is 0 Å². The van der Waals surface area contributed by atoms with Gasteiger partial charge in [0.15, 0.2) is 0 Å². The lowest BCUT2D eigenvalue weighted by molar-refractivity contribution is 0.0705. The Balaban J connectivity index is 2.82. The molecular weight excluding hydrogens is 390 g/mol. The van der Waals surface area contributed by atoms with Gasteiger partial charge >= 0.3 is 0 Å². The Labute approximate surface area is 137 Å². The summed E-state index contributed by atoms with van der Waals surface area (Å²) in [4.78, 5) is 2.29. The van der Waals surface area contributed by atoms with Gasteiger partial charge in [0.05, 0.1) is 22.2 Å². The van der Waals surface area contributed by atoms with Crippen LogP contribution in [0.4, 0.5) is 0 Å². The van der Waals surface area contributed by atoms with Crippen molar-refractivity contribution in [3.8, 4) is 5.75 Å². The fourth-order valence-electron chi connectivity index (χ4n) is 1.95. The first-order chi connectivity index (χ1) is 9.49. The predicted octanol–water partition coefficient (Wildman–Crippen LogP) is 3.40. The van der Waals surface area contributed by atoms with Crippen LogP contribution in [-0.2, 0) is 16.0 Å². The standard InChI is InChI=1S/C14H21Br2NO3/c1-10(9-20-3)17(4-5-19-2)8-11-6-12(15)14(18)13(16)7-11/h6-7,10,18H,4-5,8-9H2,1-3H3. The highest BCUT2D eigenvalue weighted by Gasteiger charge is 2.15. The fraction of sp³-hybridized carbons (Fsp3) is 0.571. The number of halogens is 2. The van der Waals surface area contributed by atoms with Crippen molar-refractivity contribution in [2.75, 3.05) is 34.0 Å². The van der Waals surface area contributed by atoms with Gasteiger partial charge in [0.1, 0.15) is 5.75 Å². The van der Waals surface area contributed by atoms with Crippen LogP contribution in [0.5, 0.6) is 5.75 Å². The van der Waals surface area contributed by atoms with Crippen molar-refractivity contribution in [1.82, 2.24) is 4.90 Å². The van der Waals surface area contributed by atoms with Crippen LogP contribution in [-0.4, -0.2) is 50.0 Å². The third-order valence-corrected chi connectivity index (χ3v) is 4.29. The van der Waals surface area contributed by atoms with E-state index in [0.717, 1.165) is 18.7 Å². The molecule has 1 N–H and O–H groups in total. The quantitative estimate of drug-likeness (QED) is 0.713. The normalized spacial score (nSPS) is 12.9. The number of hydrogen-bond donors (Lipinski definition) is 1. The Kier molecular flexibility index (Phi) is 8.06. The molecule has 0 aliphatic heterocycles. The van der Waals surface area contributed by atoms with Crippen molar-refractivity contribution >= 4 is 31.9 Å². The molecule has 0 saturated heterocycles. The van der Waals surface area contributed by atoms with Crippen LogP contribution in [0.15, 0.2) is 21.1 Å². The summed E-state index contributed by atoms with van der Waals surface area (Å²) < 4.78 is 11.8. The van der Waals surface area contributed by atoms with Crippen molar-refractivity contribution < 1.29 is 14.6 Å². The molecule has 0 spiro atoms. The maximum atomic E-state index is 9.75. The van der Waals surface area contributed by atoms with E-state index in [2.05, 4.69) is 43.7 Å². The number of aromatic hydroxyl groups is 1. The molecule has 0 fully saturated rings. The number of rotatable bonds is 8. The second kappa shape index (κ2) is 9.00. The first-order valence-electron chi connectivity index (χ1n) is 6.38. The topological polar surface area (TPSA) is 41.9 Å². The molecule has 114 valence electrons. The minimum atomic E-state index is 0.224. The molecule has 6 heteroatoms. The highest BCUT2D eigenvalue weighted by molar-refractivity contribution is 9.11. The van der Waals surface area contributed by atoms with E-state index >= 15 is 0 Å². The number of nitrogens with zero attached hydrogens (tertiary/aromatic N) is 1. The van der Waals surface area contributed by atoms with E-state index < -0.39 is 0 Å². The zero-order valence-electron chi connectivity index (χ0n) is 12.0. The predicted molar refractivity (Wildman–Crippen MR) is 87.1 cm³/mol. The van der Waals surface area contributed by atoms with Gasteiger partial charge < -0.3 is 14.6 Å². The number of phenolic OH excluding ortho intramolecular Hbond substituents is 1. The summed E-state index contributed by atoms with van der Waals surface area (Å²) in [5, 5.41) is 9.75. The van der Waals surface area contributed by atoms with E-state index in [1.807, 2.05) is 12.1 Å². The van der Waals surface area contributed by atoms with Gasteiger partial charge in [-0.3, -0.25) is 4.90 Å². The molecule has 0 heterocycles. The van der Waals surface area contributed by atoms with Crippen LogP contribution in [0.1, 0.15) is 12.5 Å². The lowest BCUT2D eigenvalue weighted by Gasteiger charge is -2.28. The molecule has 1 aromatic carbocycles. The van der Waals surface area contributed by atoms with Crippen LogP contribution in [0.25, 0.3) is 0 Å². The van der Waals surface area contributed by atoms with Gasteiger partial charge in [0.25, 0.3) is 0 Å². The average Bonchev–Trinajstić information content (AvgIpc) is 2.40. The van der Waals surface area contributed by atoms with Crippen LogP contribution in [0, 0.1) is 0 Å². The average molecular weight is 411 g/mol. The first kappa shape index (κ1) is 17.9. The summed E-state index contributed by atoms with van der Waals surface area (Å²) in [7, 11) is 3.41. The number of benzene rings is 1. The minimum Gasteiger partial charge on any atom is -0.506 e. The second-order valence-corrected chi connectivity index (χ2v) is 6.38. The molecule has 4 nitrogen and oxygen atoms in total. The van der Waals surface area contributed by atoms with Gasteiger partial charge in [0, 0.05) is 33.4 Å². The number of hydrogen-bond acceptors (Lipinski definition) is 4. The van der Waals surface area contributed by atoms with Crippen LogP contribution < -0.4 is 0 Å². The highest BCUT2D eigenvalue weighted by Crippen LogP contribution is 2.33. The molecule has 1 rings (SSSR count). The fourth-order valence-corrected chi connectivity index (χ4v) is 3.24. The van der Waals surface area contributed by atoms with Crippen molar-refractivity contribution in [1.29, 1.82) is 0 Å². The van der Waals surface area contributed by atoms with Crippen molar-refractivity contribution in [3.63, 3.8) is 0 Å². The smallest absolute Gasteiger partial charge is 0.143 e. The maximum Gasteiger partial charge on any atom is 0.143 e. The van der Waals surface area contributed by atoms with Gasteiger partial charge in [-0.25, -0.2) is 0 Å². The molecule has 1 atom stereocenters. The zero-order valence-corrected chi connectivity index (χ0v) is 15.2. The van der Waals surface area contributed by atoms with E-state index in [0.29, 0.717) is 28.2 Å². The Morgan fingerprint density at radius 2 is 1.80 bits per heavy atom. The van der Waals surface area contributed by atoms with Gasteiger partial charge in [-0.05, 0) is 56.5 Å². The largest absolute Gasteiger partial charge is 0.506 e. The van der Waals surface area contributed by atoms with E-state index in [4.69, 9.17) is 9.47 Å². The molecular formula is C14H21Br2NO3. The molecule has 20 heavy (non-hydrogen) atoms. The van der Waals surface area contributed by atoms with Crippen molar-refractivity contribution in [2.45, 2.75) is 19.5 Å². The van der Waals surface area contributed by atoms with Crippen molar-refractivity contribution in [3.05, 3.63) is 26.6 Å². The van der Waals surface area contributed by atoms with E-state index in [1.54, 1.807) is 14.2 Å². The molecule has 1 unspecified atom stereocenters. The summed E-state index contributed by atoms with van der Waals surface area (Å²) in [6, 6.07) is 4.15. The summed E-state index contributed by atoms with van der Waals surface area (Å²) in [6.07, 6.45) is 0. The van der Waals surface area contributed by atoms with E-state index in [-0.39, 0.29) is 5.75 Å². The Bertz CT molecular complexity index is 406. The molecule has 0 amide bonds. The number of ether oxygens (including phenoxy) is 2. The number of phenols is 1. The molecule has 0 aliphatic rings. The Morgan fingerprint density at radius 1 is 1.20 bits per heavy atom. The monoisotopic (exact) mass is 409 g/mol. The van der Waals surface area contributed by atoms with Gasteiger partial charge in [0.2, 0.25) is 0 Å². The number of methoxy groups -OCH3 is 2. The van der Waals surface area contributed by atoms with Crippen LogP contribution in [0.2, 0.25) is 0 Å². The second-order valence-electron chi connectivity index (χ2n) is 4.68. The lowest BCUT2D eigenvalue weighted by Crippen LogP contribution is -2.38. The molecule has 1 aromatic rings. The first-order valence-corrected chi connectivity index (χ1v) is 7.97. The minimum absolute atomic E-state index is 0.224. The van der Waals surface area contributed by atoms with Crippen LogP contribution in [0.3, 0.4) is 0 Å². The Hall–Kier alpha value is -0.140. The zero-order chi connectivity index (χ0) is 15.1. The molecule has 0 saturated carbocycles. The van der Waals surface area contributed by atoms with Gasteiger partial charge in [-0.15, -0.1) is 0 Å². The third kappa shape index (κ3) is 5.33.